The van der Waals surface area contributed by atoms with Crippen LogP contribution >= 0.6 is 23.1 Å². The van der Waals surface area contributed by atoms with Crippen molar-refractivity contribution in [3.05, 3.63) is 34.8 Å². The van der Waals surface area contributed by atoms with Crippen molar-refractivity contribution in [1.29, 1.82) is 0 Å². The largest absolute Gasteiger partial charge is 0.493 e. The molecule has 0 unspecified atom stereocenters. The van der Waals surface area contributed by atoms with Crippen LogP contribution in [0.2, 0.25) is 0 Å². The van der Waals surface area contributed by atoms with Crippen LogP contribution in [0.5, 0.6) is 11.5 Å². The first kappa shape index (κ1) is 24.5. The Morgan fingerprint density at radius 1 is 1.09 bits per heavy atom. The number of nitrogen functional groups attached to an aromatic ring is 2. The second kappa shape index (κ2) is 11.7. The highest BCUT2D eigenvalue weighted by atomic mass is 32.2. The van der Waals surface area contributed by atoms with E-state index in [0.29, 0.717) is 23.4 Å². The Morgan fingerprint density at radius 3 is 2.59 bits per heavy atom. The predicted molar refractivity (Wildman–Crippen MR) is 137 cm³/mol. The quantitative estimate of drug-likeness (QED) is 0.316. The van der Waals surface area contributed by atoms with Gasteiger partial charge in [-0.25, -0.2) is 15.0 Å². The minimum absolute atomic E-state index is 0.379. The molecule has 4 N–H and O–H groups in total. The standard InChI is InChI=1S/C23H30N6O3S2/c1-15-17(5-12-33-23-27-20(24)14-21(25)28-23)26-22(34-15)16-3-4-18(30-2)19(13-16)32-11-8-29-6-9-31-10-7-29/h3-4,13-14H,5-12H2,1-2H3,(H4,24,25,27,28). The summed E-state index contributed by atoms with van der Waals surface area (Å²) < 4.78 is 17.0. The molecule has 1 aliphatic rings. The molecule has 0 aliphatic carbocycles. The normalized spacial score (nSPS) is 14.3. The summed E-state index contributed by atoms with van der Waals surface area (Å²) in [6.45, 7) is 6.99. The van der Waals surface area contributed by atoms with Gasteiger partial charge in [0.25, 0.3) is 0 Å². The molecule has 3 heterocycles. The van der Waals surface area contributed by atoms with E-state index in [0.717, 1.165) is 72.8 Å². The molecule has 11 heteroatoms. The Morgan fingerprint density at radius 2 is 1.85 bits per heavy atom. The number of aromatic nitrogens is 3. The predicted octanol–water partition coefficient (Wildman–Crippen LogP) is 3.13. The number of thiazole rings is 1. The van der Waals surface area contributed by atoms with Gasteiger partial charge < -0.3 is 25.7 Å². The Bertz CT molecular complexity index is 1080. The number of nitrogens with zero attached hydrogens (tertiary/aromatic N) is 4. The van der Waals surface area contributed by atoms with E-state index in [1.54, 1.807) is 24.5 Å². The molecule has 0 amide bonds. The number of benzene rings is 1. The van der Waals surface area contributed by atoms with Crippen molar-refractivity contribution in [2.24, 2.45) is 0 Å². The van der Waals surface area contributed by atoms with Crippen LogP contribution in [0.1, 0.15) is 10.6 Å². The van der Waals surface area contributed by atoms with Crippen LogP contribution in [0.25, 0.3) is 10.6 Å². The molecule has 0 saturated carbocycles. The zero-order valence-electron chi connectivity index (χ0n) is 19.5. The van der Waals surface area contributed by atoms with Crippen LogP contribution in [-0.4, -0.2) is 72.2 Å². The van der Waals surface area contributed by atoms with Crippen molar-refractivity contribution in [1.82, 2.24) is 19.9 Å². The molecule has 2 aromatic heterocycles. The lowest BCUT2D eigenvalue weighted by atomic mass is 10.2. The second-order valence-electron chi connectivity index (χ2n) is 7.79. The fourth-order valence-electron chi connectivity index (χ4n) is 3.58. The molecular weight excluding hydrogens is 472 g/mol. The molecule has 0 atom stereocenters. The van der Waals surface area contributed by atoms with Crippen molar-refractivity contribution in [3.8, 4) is 22.1 Å². The summed E-state index contributed by atoms with van der Waals surface area (Å²) in [5.74, 6) is 2.99. The Balaban J connectivity index is 1.39. The molecule has 4 rings (SSSR count). The minimum atomic E-state index is 0.379. The van der Waals surface area contributed by atoms with Gasteiger partial charge in [0.15, 0.2) is 16.7 Å². The van der Waals surface area contributed by atoms with Crippen molar-refractivity contribution >= 4 is 34.7 Å². The summed E-state index contributed by atoms with van der Waals surface area (Å²) in [5, 5.41) is 1.54. The molecule has 0 radical (unpaired) electrons. The maximum absolute atomic E-state index is 6.09. The number of anilines is 2. The molecule has 1 fully saturated rings. The summed E-state index contributed by atoms with van der Waals surface area (Å²) in [4.78, 5) is 16.9. The van der Waals surface area contributed by atoms with Crippen molar-refractivity contribution in [2.75, 3.05) is 63.8 Å². The third kappa shape index (κ3) is 6.50. The zero-order chi connectivity index (χ0) is 23.9. The summed E-state index contributed by atoms with van der Waals surface area (Å²) in [6, 6.07) is 7.52. The number of ether oxygens (including phenoxy) is 3. The molecule has 0 bridgehead atoms. The Hall–Kier alpha value is -2.60. The van der Waals surface area contributed by atoms with Gasteiger partial charge in [-0.05, 0) is 25.1 Å². The summed E-state index contributed by atoms with van der Waals surface area (Å²) in [7, 11) is 1.66. The summed E-state index contributed by atoms with van der Waals surface area (Å²) >= 11 is 3.20. The lowest BCUT2D eigenvalue weighted by Gasteiger charge is -2.26. The first-order chi connectivity index (χ1) is 16.5. The van der Waals surface area contributed by atoms with Crippen LogP contribution in [0, 0.1) is 6.92 Å². The molecule has 3 aromatic rings. The lowest BCUT2D eigenvalue weighted by Crippen LogP contribution is -2.38. The molecule has 1 aromatic carbocycles. The molecule has 34 heavy (non-hydrogen) atoms. The first-order valence-corrected chi connectivity index (χ1v) is 12.9. The minimum Gasteiger partial charge on any atom is -0.493 e. The fourth-order valence-corrected chi connectivity index (χ4v) is 5.36. The average molecular weight is 503 g/mol. The number of nitrogens with two attached hydrogens (primary N) is 2. The van der Waals surface area contributed by atoms with Crippen LogP contribution in [0.4, 0.5) is 11.6 Å². The lowest BCUT2D eigenvalue weighted by molar-refractivity contribution is 0.0321. The van der Waals surface area contributed by atoms with Crippen molar-refractivity contribution in [2.45, 2.75) is 18.5 Å². The molecule has 182 valence electrons. The summed E-state index contributed by atoms with van der Waals surface area (Å²) in [5.41, 5.74) is 13.6. The molecule has 1 saturated heterocycles. The number of hydrogen-bond acceptors (Lipinski definition) is 11. The van der Waals surface area contributed by atoms with Gasteiger partial charge in [-0.15, -0.1) is 11.3 Å². The van der Waals surface area contributed by atoms with Crippen LogP contribution in [0.3, 0.4) is 0 Å². The number of morpholine rings is 1. The van der Waals surface area contributed by atoms with Gasteiger partial charge in [-0.3, -0.25) is 4.90 Å². The van der Waals surface area contributed by atoms with E-state index >= 15 is 0 Å². The van der Waals surface area contributed by atoms with Crippen LogP contribution in [0.15, 0.2) is 29.4 Å². The highest BCUT2D eigenvalue weighted by molar-refractivity contribution is 7.99. The number of rotatable bonds is 10. The van der Waals surface area contributed by atoms with E-state index in [9.17, 15) is 0 Å². The van der Waals surface area contributed by atoms with Gasteiger partial charge in [0.1, 0.15) is 23.3 Å². The highest BCUT2D eigenvalue weighted by Gasteiger charge is 2.15. The highest BCUT2D eigenvalue weighted by Crippen LogP contribution is 2.35. The average Bonchev–Trinajstić information content (AvgIpc) is 3.19. The van der Waals surface area contributed by atoms with Crippen LogP contribution < -0.4 is 20.9 Å². The number of aryl methyl sites for hydroxylation is 2. The SMILES string of the molecule is COc1ccc(-c2nc(CCSc3nc(N)cc(N)n3)c(C)s2)cc1OCCN1CCOCC1. The fraction of sp³-hybridized carbons (Fsp3) is 0.435. The van der Waals surface area contributed by atoms with E-state index in [4.69, 9.17) is 30.7 Å². The van der Waals surface area contributed by atoms with Gasteiger partial charge in [0.2, 0.25) is 0 Å². The third-order valence-corrected chi connectivity index (χ3v) is 7.30. The first-order valence-electron chi connectivity index (χ1n) is 11.1. The number of methoxy groups -OCH3 is 1. The van der Waals surface area contributed by atoms with E-state index < -0.39 is 0 Å². The molecule has 9 nitrogen and oxygen atoms in total. The summed E-state index contributed by atoms with van der Waals surface area (Å²) in [6.07, 6.45) is 0.796. The van der Waals surface area contributed by atoms with E-state index in [1.165, 1.54) is 16.6 Å². The monoisotopic (exact) mass is 502 g/mol. The van der Waals surface area contributed by atoms with Gasteiger partial charge in [-0.2, -0.15) is 0 Å². The van der Waals surface area contributed by atoms with E-state index in [-0.39, 0.29) is 0 Å². The molecular formula is C23H30N6O3S2. The van der Waals surface area contributed by atoms with Gasteiger partial charge in [0.05, 0.1) is 26.0 Å². The van der Waals surface area contributed by atoms with Crippen molar-refractivity contribution < 1.29 is 14.2 Å². The second-order valence-corrected chi connectivity index (χ2v) is 10.1. The number of hydrogen-bond donors (Lipinski definition) is 2. The van der Waals surface area contributed by atoms with E-state index in [1.807, 2.05) is 18.2 Å². The maximum Gasteiger partial charge on any atom is 0.191 e. The molecule has 0 spiro atoms. The van der Waals surface area contributed by atoms with Crippen molar-refractivity contribution in [3.63, 3.8) is 0 Å². The van der Waals surface area contributed by atoms with Gasteiger partial charge >= 0.3 is 0 Å². The smallest absolute Gasteiger partial charge is 0.191 e. The zero-order valence-corrected chi connectivity index (χ0v) is 21.1. The van der Waals surface area contributed by atoms with E-state index in [2.05, 4.69) is 21.8 Å². The topological polar surface area (TPSA) is 122 Å². The van der Waals surface area contributed by atoms with Gasteiger partial charge in [0, 0.05) is 48.3 Å². The Kier molecular flexibility index (Phi) is 8.44. The Labute approximate surface area is 207 Å². The van der Waals surface area contributed by atoms with Gasteiger partial charge in [-0.1, -0.05) is 11.8 Å². The molecule has 1 aliphatic heterocycles. The third-order valence-electron chi connectivity index (χ3n) is 5.39. The van der Waals surface area contributed by atoms with Crippen LogP contribution in [-0.2, 0) is 11.2 Å². The number of thioether (sulfide) groups is 1. The maximum atomic E-state index is 6.09.